The summed E-state index contributed by atoms with van der Waals surface area (Å²) in [6.07, 6.45) is 0.597. The van der Waals surface area contributed by atoms with Crippen LogP contribution in [0.4, 0.5) is 0 Å². The normalized spacial score (nSPS) is 11.8. The predicted molar refractivity (Wildman–Crippen MR) is 89.9 cm³/mol. The zero-order valence-electron chi connectivity index (χ0n) is 12.8. The topological polar surface area (TPSA) is 52.1 Å². The van der Waals surface area contributed by atoms with Crippen LogP contribution in [-0.4, -0.2) is 9.97 Å². The average molecular weight is 327 g/mol. The Hall–Kier alpha value is -2.33. The molecule has 116 valence electrons. The molecule has 23 heavy (non-hydrogen) atoms. The molecule has 0 aliphatic heterocycles. The maximum atomic E-state index is 5.98. The minimum absolute atomic E-state index is 0.271. The van der Waals surface area contributed by atoms with Gasteiger partial charge in [-0.25, -0.2) is 9.97 Å². The minimum atomic E-state index is 0.271. The smallest absolute Gasteiger partial charge is 0.199 e. The first-order valence-corrected chi connectivity index (χ1v) is 7.90. The van der Waals surface area contributed by atoms with Crippen LogP contribution in [0.15, 0.2) is 45.2 Å². The standard InChI is InChI=1S/C18H15ClN2O2/c1-10(2)18-21-13-5-3-11(7-16(13)23-18)8-17-20-14-9-12(19)4-6-15(14)22-17/h3-7,9-10H,8H2,1-2H3. The van der Waals surface area contributed by atoms with Crippen LogP contribution < -0.4 is 0 Å². The van der Waals surface area contributed by atoms with Crippen LogP contribution in [0.3, 0.4) is 0 Å². The quantitative estimate of drug-likeness (QED) is 0.510. The lowest BCUT2D eigenvalue weighted by Crippen LogP contribution is -1.87. The van der Waals surface area contributed by atoms with E-state index in [-0.39, 0.29) is 5.92 Å². The Morgan fingerprint density at radius 3 is 2.65 bits per heavy atom. The molecule has 5 heteroatoms. The molecule has 0 N–H and O–H groups in total. The van der Waals surface area contributed by atoms with Crippen molar-refractivity contribution in [1.82, 2.24) is 9.97 Å². The second kappa shape index (κ2) is 5.39. The van der Waals surface area contributed by atoms with E-state index >= 15 is 0 Å². The van der Waals surface area contributed by atoms with Gasteiger partial charge in [-0.15, -0.1) is 0 Å². The molecule has 4 rings (SSSR count). The van der Waals surface area contributed by atoms with Gasteiger partial charge in [0.05, 0.1) is 0 Å². The Kier molecular flexibility index (Phi) is 3.34. The molecule has 0 unspecified atom stereocenters. The molecule has 0 saturated carbocycles. The highest BCUT2D eigenvalue weighted by molar-refractivity contribution is 6.31. The summed E-state index contributed by atoms with van der Waals surface area (Å²) in [6, 6.07) is 11.4. The second-order valence-electron chi connectivity index (χ2n) is 5.91. The Labute approximate surface area is 138 Å². The number of hydrogen-bond donors (Lipinski definition) is 0. The highest BCUT2D eigenvalue weighted by Crippen LogP contribution is 2.25. The monoisotopic (exact) mass is 326 g/mol. The van der Waals surface area contributed by atoms with Gasteiger partial charge in [-0.3, -0.25) is 0 Å². The maximum absolute atomic E-state index is 5.98. The van der Waals surface area contributed by atoms with Crippen molar-refractivity contribution in [3.8, 4) is 0 Å². The van der Waals surface area contributed by atoms with E-state index in [2.05, 4.69) is 23.8 Å². The maximum Gasteiger partial charge on any atom is 0.199 e. The van der Waals surface area contributed by atoms with Crippen molar-refractivity contribution in [3.63, 3.8) is 0 Å². The van der Waals surface area contributed by atoms with Gasteiger partial charge in [-0.2, -0.15) is 0 Å². The summed E-state index contributed by atoms with van der Waals surface area (Å²) < 4.78 is 11.6. The summed E-state index contributed by atoms with van der Waals surface area (Å²) in [5, 5.41) is 0.654. The number of aromatic nitrogens is 2. The summed E-state index contributed by atoms with van der Waals surface area (Å²) in [4.78, 5) is 8.97. The Balaban J connectivity index is 1.67. The van der Waals surface area contributed by atoms with Gasteiger partial charge in [0.2, 0.25) is 0 Å². The number of oxazole rings is 2. The molecule has 2 aromatic carbocycles. The Bertz CT molecular complexity index is 1000. The third kappa shape index (κ3) is 2.70. The largest absolute Gasteiger partial charge is 0.440 e. The molecule has 4 aromatic rings. The molecular formula is C18H15ClN2O2. The van der Waals surface area contributed by atoms with Crippen molar-refractivity contribution in [2.75, 3.05) is 0 Å². The van der Waals surface area contributed by atoms with E-state index in [4.69, 9.17) is 20.4 Å². The van der Waals surface area contributed by atoms with Crippen molar-refractivity contribution in [3.05, 3.63) is 58.8 Å². The van der Waals surface area contributed by atoms with Crippen LogP contribution in [-0.2, 0) is 6.42 Å². The fourth-order valence-electron chi connectivity index (χ4n) is 2.54. The van der Waals surface area contributed by atoms with Gasteiger partial charge in [0, 0.05) is 17.4 Å². The van der Waals surface area contributed by atoms with Gasteiger partial charge in [0.15, 0.2) is 22.9 Å². The molecule has 0 aliphatic rings. The van der Waals surface area contributed by atoms with E-state index in [1.165, 1.54) is 0 Å². The molecule has 0 amide bonds. The minimum Gasteiger partial charge on any atom is -0.440 e. The van der Waals surface area contributed by atoms with E-state index in [1.54, 1.807) is 12.1 Å². The molecule has 2 aromatic heterocycles. The Morgan fingerprint density at radius 2 is 1.83 bits per heavy atom. The number of fused-ring (bicyclic) bond motifs is 2. The summed E-state index contributed by atoms with van der Waals surface area (Å²) >= 11 is 5.98. The molecule has 0 bridgehead atoms. The molecule has 0 aliphatic carbocycles. The molecular weight excluding hydrogens is 312 g/mol. The van der Waals surface area contributed by atoms with Crippen LogP contribution in [0.1, 0.15) is 37.1 Å². The highest BCUT2D eigenvalue weighted by atomic mass is 35.5. The van der Waals surface area contributed by atoms with Crippen molar-refractivity contribution < 1.29 is 8.83 Å². The van der Waals surface area contributed by atoms with Crippen molar-refractivity contribution >= 4 is 33.8 Å². The number of benzene rings is 2. The fourth-order valence-corrected chi connectivity index (χ4v) is 2.71. The number of hydrogen-bond acceptors (Lipinski definition) is 4. The van der Waals surface area contributed by atoms with Crippen LogP contribution in [0.5, 0.6) is 0 Å². The third-order valence-electron chi connectivity index (χ3n) is 3.71. The van der Waals surface area contributed by atoms with E-state index in [0.717, 1.165) is 33.7 Å². The van der Waals surface area contributed by atoms with Crippen molar-refractivity contribution in [2.45, 2.75) is 26.2 Å². The zero-order chi connectivity index (χ0) is 16.0. The van der Waals surface area contributed by atoms with Crippen LogP contribution in [0, 0.1) is 0 Å². The highest BCUT2D eigenvalue weighted by Gasteiger charge is 2.11. The van der Waals surface area contributed by atoms with Gasteiger partial charge in [-0.1, -0.05) is 31.5 Å². The molecule has 2 heterocycles. The molecule has 0 saturated heterocycles. The zero-order valence-corrected chi connectivity index (χ0v) is 13.6. The van der Waals surface area contributed by atoms with Gasteiger partial charge in [0.25, 0.3) is 0 Å². The van der Waals surface area contributed by atoms with Gasteiger partial charge >= 0.3 is 0 Å². The molecule has 0 spiro atoms. The average Bonchev–Trinajstić information content (AvgIpc) is 3.09. The number of halogens is 1. The van der Waals surface area contributed by atoms with Crippen LogP contribution in [0.25, 0.3) is 22.2 Å². The SMILES string of the molecule is CC(C)c1nc2ccc(Cc3nc4cc(Cl)ccc4o3)cc2o1. The molecule has 0 radical (unpaired) electrons. The van der Waals surface area contributed by atoms with Crippen molar-refractivity contribution in [1.29, 1.82) is 0 Å². The summed E-state index contributed by atoms with van der Waals surface area (Å²) in [6.45, 7) is 4.13. The predicted octanol–water partition coefficient (Wildman–Crippen LogP) is 5.34. The van der Waals surface area contributed by atoms with Crippen LogP contribution >= 0.6 is 11.6 Å². The van der Waals surface area contributed by atoms with Gasteiger partial charge in [-0.05, 0) is 35.9 Å². The van der Waals surface area contributed by atoms with Gasteiger partial charge < -0.3 is 8.83 Å². The van der Waals surface area contributed by atoms with E-state index in [9.17, 15) is 0 Å². The van der Waals surface area contributed by atoms with Gasteiger partial charge in [0.1, 0.15) is 11.0 Å². The number of nitrogens with zero attached hydrogens (tertiary/aromatic N) is 2. The van der Waals surface area contributed by atoms with E-state index in [1.807, 2.05) is 24.3 Å². The summed E-state index contributed by atoms with van der Waals surface area (Å²) in [5.41, 5.74) is 4.26. The first-order chi connectivity index (χ1) is 11.1. The molecule has 0 fully saturated rings. The fraction of sp³-hybridized carbons (Fsp3) is 0.222. The summed E-state index contributed by atoms with van der Waals surface area (Å²) in [7, 11) is 0. The third-order valence-corrected chi connectivity index (χ3v) is 3.95. The van der Waals surface area contributed by atoms with E-state index in [0.29, 0.717) is 17.3 Å². The van der Waals surface area contributed by atoms with E-state index < -0.39 is 0 Å². The first kappa shape index (κ1) is 14.3. The molecule has 4 nitrogen and oxygen atoms in total. The van der Waals surface area contributed by atoms with Crippen molar-refractivity contribution in [2.24, 2.45) is 0 Å². The number of rotatable bonds is 3. The first-order valence-electron chi connectivity index (χ1n) is 7.53. The second-order valence-corrected chi connectivity index (χ2v) is 6.34. The summed E-state index contributed by atoms with van der Waals surface area (Å²) in [5.74, 6) is 1.69. The lowest BCUT2D eigenvalue weighted by Gasteiger charge is -1.96. The Morgan fingerprint density at radius 1 is 0.957 bits per heavy atom. The lowest BCUT2D eigenvalue weighted by molar-refractivity contribution is 0.501. The van der Waals surface area contributed by atoms with Crippen LogP contribution in [0.2, 0.25) is 5.02 Å². The molecule has 0 atom stereocenters. The lowest BCUT2D eigenvalue weighted by atomic mass is 10.1.